The molecule has 0 atom stereocenters. The van der Waals surface area contributed by atoms with E-state index in [1.807, 2.05) is 12.4 Å². The molecule has 2 fully saturated rings. The number of unbranched alkanes of at least 4 members (excludes halogenated alkanes) is 1. The average Bonchev–Trinajstić information content (AvgIpc) is 2.75. The van der Waals surface area contributed by atoms with Crippen molar-refractivity contribution >= 4 is 16.6 Å². The number of anilines is 1. The molecule has 0 unspecified atom stereocenters. The Labute approximate surface area is 173 Å². The number of ether oxygens (including phenoxy) is 1. The zero-order chi connectivity index (χ0) is 20.1. The molecular weight excluding hydrogens is 364 g/mol. The van der Waals surface area contributed by atoms with Crippen LogP contribution in [0.3, 0.4) is 0 Å². The molecule has 2 aliphatic rings. The molecule has 0 radical (unpaired) electrons. The van der Waals surface area contributed by atoms with Crippen LogP contribution in [-0.4, -0.2) is 46.9 Å². The van der Waals surface area contributed by atoms with Crippen molar-refractivity contribution in [3.8, 4) is 5.88 Å². The molecule has 3 N–H and O–H groups in total. The molecule has 1 saturated heterocycles. The number of nitrogens with one attached hydrogen (secondary N) is 2. The van der Waals surface area contributed by atoms with E-state index in [1.54, 1.807) is 0 Å². The first kappa shape index (κ1) is 20.4. The lowest BCUT2D eigenvalue weighted by molar-refractivity contribution is 0.122. The normalized spacial score (nSPS) is 23.2. The van der Waals surface area contributed by atoms with Gasteiger partial charge in [-0.3, -0.25) is 0 Å². The average molecular weight is 399 g/mol. The van der Waals surface area contributed by atoms with E-state index in [2.05, 4.69) is 28.6 Å². The van der Waals surface area contributed by atoms with Crippen LogP contribution in [0.5, 0.6) is 5.88 Å². The van der Waals surface area contributed by atoms with E-state index in [0.717, 1.165) is 82.2 Å². The van der Waals surface area contributed by atoms with Crippen molar-refractivity contribution in [3.05, 3.63) is 24.0 Å². The molecule has 0 spiro atoms. The summed E-state index contributed by atoms with van der Waals surface area (Å²) in [6.07, 6.45) is 12.1. The summed E-state index contributed by atoms with van der Waals surface area (Å²) >= 11 is 0. The van der Waals surface area contributed by atoms with Gasteiger partial charge in [-0.25, -0.2) is 9.97 Å². The van der Waals surface area contributed by atoms with Crippen molar-refractivity contribution in [2.45, 2.75) is 76.4 Å². The summed E-state index contributed by atoms with van der Waals surface area (Å²) in [6, 6.07) is 2.17. The van der Waals surface area contributed by atoms with Gasteiger partial charge in [0, 0.05) is 18.9 Å². The maximum Gasteiger partial charge on any atom is 0.223 e. The van der Waals surface area contributed by atoms with Gasteiger partial charge in [0.25, 0.3) is 0 Å². The minimum Gasteiger partial charge on any atom is -0.474 e. The molecule has 0 amide bonds. The summed E-state index contributed by atoms with van der Waals surface area (Å²) in [5, 5.41) is 19.0. The minimum absolute atomic E-state index is 0.152. The summed E-state index contributed by atoms with van der Waals surface area (Å²) in [7, 11) is 0. The molecule has 4 rings (SSSR count). The quantitative estimate of drug-likeness (QED) is 0.612. The second-order valence-corrected chi connectivity index (χ2v) is 8.49. The fourth-order valence-corrected chi connectivity index (χ4v) is 4.50. The zero-order valence-corrected chi connectivity index (χ0v) is 17.5. The third kappa shape index (κ3) is 4.98. The summed E-state index contributed by atoms with van der Waals surface area (Å²) in [5.41, 5.74) is 1.27. The number of hydrogen-bond donors (Lipinski definition) is 3. The SMILES string of the molecule is CCCCNc1cc2c(C3CCC(O)CC3)cnc(OC3CCNCC3)c2cn1. The van der Waals surface area contributed by atoms with Crippen LogP contribution >= 0.6 is 0 Å². The fraction of sp³-hybridized carbons (Fsp3) is 0.652. The van der Waals surface area contributed by atoms with Gasteiger partial charge in [0.15, 0.2) is 0 Å². The van der Waals surface area contributed by atoms with E-state index < -0.39 is 0 Å². The Kier molecular flexibility index (Phi) is 6.82. The lowest BCUT2D eigenvalue weighted by Gasteiger charge is -2.27. The maximum absolute atomic E-state index is 9.92. The topological polar surface area (TPSA) is 79.3 Å². The van der Waals surface area contributed by atoms with Gasteiger partial charge in [-0.05, 0) is 81.0 Å². The highest BCUT2D eigenvalue weighted by atomic mass is 16.5. The van der Waals surface area contributed by atoms with Crippen LogP contribution in [0.1, 0.15) is 69.8 Å². The molecule has 0 bridgehead atoms. The van der Waals surface area contributed by atoms with E-state index in [9.17, 15) is 5.11 Å². The van der Waals surface area contributed by atoms with Crippen LogP contribution in [0.15, 0.2) is 18.5 Å². The lowest BCUT2D eigenvalue weighted by Crippen LogP contribution is -2.34. The lowest BCUT2D eigenvalue weighted by atomic mass is 9.82. The van der Waals surface area contributed by atoms with Gasteiger partial charge < -0.3 is 20.5 Å². The molecule has 3 heterocycles. The highest BCUT2D eigenvalue weighted by molar-refractivity contribution is 5.91. The van der Waals surface area contributed by atoms with Gasteiger partial charge in [0.1, 0.15) is 11.9 Å². The van der Waals surface area contributed by atoms with Gasteiger partial charge in [-0.1, -0.05) is 13.3 Å². The van der Waals surface area contributed by atoms with Crippen LogP contribution < -0.4 is 15.4 Å². The molecule has 6 nitrogen and oxygen atoms in total. The Bertz CT molecular complexity index is 799. The number of aliphatic hydroxyl groups excluding tert-OH is 1. The molecule has 29 heavy (non-hydrogen) atoms. The summed E-state index contributed by atoms with van der Waals surface area (Å²) < 4.78 is 6.31. The molecule has 6 heteroatoms. The molecular formula is C23H34N4O2. The Morgan fingerprint density at radius 1 is 1.07 bits per heavy atom. The third-order valence-electron chi connectivity index (χ3n) is 6.30. The molecule has 1 aliphatic heterocycles. The zero-order valence-electron chi connectivity index (χ0n) is 17.5. The Morgan fingerprint density at radius 3 is 2.62 bits per heavy atom. The van der Waals surface area contributed by atoms with Crippen LogP contribution in [0.2, 0.25) is 0 Å². The van der Waals surface area contributed by atoms with Gasteiger partial charge >= 0.3 is 0 Å². The number of aromatic nitrogens is 2. The highest BCUT2D eigenvalue weighted by Crippen LogP contribution is 2.39. The van der Waals surface area contributed by atoms with E-state index in [1.165, 1.54) is 10.9 Å². The van der Waals surface area contributed by atoms with Crippen LogP contribution in [0, 0.1) is 0 Å². The summed E-state index contributed by atoms with van der Waals surface area (Å²) in [4.78, 5) is 9.38. The predicted molar refractivity (Wildman–Crippen MR) is 117 cm³/mol. The first-order valence-electron chi connectivity index (χ1n) is 11.3. The largest absolute Gasteiger partial charge is 0.474 e. The molecule has 2 aromatic heterocycles. The summed E-state index contributed by atoms with van der Waals surface area (Å²) in [6.45, 7) is 5.12. The minimum atomic E-state index is -0.152. The Morgan fingerprint density at radius 2 is 1.86 bits per heavy atom. The van der Waals surface area contributed by atoms with Crippen molar-refractivity contribution < 1.29 is 9.84 Å². The number of hydrogen-bond acceptors (Lipinski definition) is 6. The van der Waals surface area contributed by atoms with Crippen molar-refractivity contribution in [2.75, 3.05) is 25.0 Å². The van der Waals surface area contributed by atoms with E-state index in [0.29, 0.717) is 11.8 Å². The van der Waals surface area contributed by atoms with Crippen molar-refractivity contribution in [1.29, 1.82) is 0 Å². The number of pyridine rings is 2. The second-order valence-electron chi connectivity index (χ2n) is 8.49. The predicted octanol–water partition coefficient (Wildman–Crippen LogP) is 3.99. The second kappa shape index (κ2) is 9.72. The number of fused-ring (bicyclic) bond motifs is 1. The monoisotopic (exact) mass is 398 g/mol. The van der Waals surface area contributed by atoms with E-state index >= 15 is 0 Å². The van der Waals surface area contributed by atoms with Crippen LogP contribution in [-0.2, 0) is 0 Å². The highest BCUT2D eigenvalue weighted by Gasteiger charge is 2.25. The fourth-order valence-electron chi connectivity index (χ4n) is 4.50. The Hall–Kier alpha value is -1.92. The maximum atomic E-state index is 9.92. The number of piperidine rings is 1. The standard InChI is InChI=1S/C23H34N4O2/c1-2-3-10-25-22-13-19-20(16-4-6-17(28)7-5-16)14-27-23(21(19)15-26-22)29-18-8-11-24-12-9-18/h13-18,24,28H,2-12H2,1H3,(H,25,26). The molecule has 0 aromatic carbocycles. The van der Waals surface area contributed by atoms with Gasteiger partial charge in [-0.2, -0.15) is 0 Å². The molecule has 1 aliphatic carbocycles. The smallest absolute Gasteiger partial charge is 0.223 e. The van der Waals surface area contributed by atoms with Gasteiger partial charge in [-0.15, -0.1) is 0 Å². The number of nitrogens with zero attached hydrogens (tertiary/aromatic N) is 2. The van der Waals surface area contributed by atoms with E-state index in [-0.39, 0.29) is 12.2 Å². The van der Waals surface area contributed by atoms with Gasteiger partial charge in [0.2, 0.25) is 5.88 Å². The molecule has 158 valence electrons. The van der Waals surface area contributed by atoms with Gasteiger partial charge in [0.05, 0.1) is 11.5 Å². The first-order valence-corrected chi connectivity index (χ1v) is 11.3. The van der Waals surface area contributed by atoms with Crippen molar-refractivity contribution in [3.63, 3.8) is 0 Å². The molecule has 1 saturated carbocycles. The van der Waals surface area contributed by atoms with Crippen molar-refractivity contribution in [1.82, 2.24) is 15.3 Å². The Balaban J connectivity index is 1.65. The number of aliphatic hydroxyl groups is 1. The number of rotatable bonds is 7. The van der Waals surface area contributed by atoms with Crippen LogP contribution in [0.25, 0.3) is 10.8 Å². The van der Waals surface area contributed by atoms with Crippen molar-refractivity contribution in [2.24, 2.45) is 0 Å². The molecule has 2 aromatic rings. The summed E-state index contributed by atoms with van der Waals surface area (Å²) in [5.74, 6) is 2.06. The van der Waals surface area contributed by atoms with E-state index in [4.69, 9.17) is 9.72 Å². The third-order valence-corrected chi connectivity index (χ3v) is 6.30. The van der Waals surface area contributed by atoms with Crippen LogP contribution in [0.4, 0.5) is 5.82 Å². The first-order chi connectivity index (χ1) is 14.2.